The molecule has 0 saturated carbocycles. The third-order valence-corrected chi connectivity index (χ3v) is 4.61. The summed E-state index contributed by atoms with van der Waals surface area (Å²) in [6.45, 7) is 8.02. The first kappa shape index (κ1) is 19.5. The summed E-state index contributed by atoms with van der Waals surface area (Å²) in [5.74, 6) is -0.0706. The molecule has 0 aliphatic rings. The molecule has 0 radical (unpaired) electrons. The zero-order chi connectivity index (χ0) is 20.3. The molecule has 1 aromatic carbocycles. The van der Waals surface area contributed by atoms with E-state index < -0.39 is 5.91 Å². The van der Waals surface area contributed by atoms with E-state index in [0.29, 0.717) is 17.2 Å². The first-order chi connectivity index (χ1) is 13.4. The Morgan fingerprint density at radius 3 is 2.61 bits per heavy atom. The van der Waals surface area contributed by atoms with Gasteiger partial charge in [0.2, 0.25) is 0 Å². The van der Waals surface area contributed by atoms with Crippen LogP contribution in [0.3, 0.4) is 0 Å². The van der Waals surface area contributed by atoms with Crippen molar-refractivity contribution in [2.45, 2.75) is 40.2 Å². The summed E-state index contributed by atoms with van der Waals surface area (Å²) in [5.41, 5.74) is 3.75. The Bertz CT molecular complexity index is 1050. The number of nitrogens with zero attached hydrogens (tertiary/aromatic N) is 3. The van der Waals surface area contributed by atoms with E-state index in [0.717, 1.165) is 16.9 Å². The lowest BCUT2D eigenvalue weighted by molar-refractivity contribution is 0.0948. The van der Waals surface area contributed by atoms with Crippen LogP contribution in [0.1, 0.15) is 52.6 Å². The number of rotatable bonds is 5. The highest BCUT2D eigenvalue weighted by Gasteiger charge is 2.17. The first-order valence-electron chi connectivity index (χ1n) is 9.25. The van der Waals surface area contributed by atoms with E-state index in [2.05, 4.69) is 29.1 Å². The molecule has 1 amide bonds. The van der Waals surface area contributed by atoms with Gasteiger partial charge in [0, 0.05) is 18.1 Å². The molecule has 0 aliphatic heterocycles. The minimum absolute atomic E-state index is 0.137. The van der Waals surface area contributed by atoms with E-state index in [1.807, 2.05) is 31.2 Å². The summed E-state index contributed by atoms with van der Waals surface area (Å²) in [6.07, 6.45) is 4.96. The molecular weight excluding hydrogens is 352 g/mol. The SMILES string of the molecule is Cc1cnc(CNC(=O)c2c(C)ccn(-c3cccc(C(C)C)c3)c2=O)cn1. The van der Waals surface area contributed by atoms with Gasteiger partial charge in [0.25, 0.3) is 11.5 Å². The molecular formula is C22H24N4O2. The lowest BCUT2D eigenvalue weighted by atomic mass is 10.0. The van der Waals surface area contributed by atoms with E-state index in [-0.39, 0.29) is 17.7 Å². The summed E-state index contributed by atoms with van der Waals surface area (Å²) in [5, 5.41) is 2.77. The monoisotopic (exact) mass is 376 g/mol. The number of hydrogen-bond acceptors (Lipinski definition) is 4. The second kappa shape index (κ2) is 8.17. The number of aromatic nitrogens is 3. The van der Waals surface area contributed by atoms with Gasteiger partial charge in [-0.25, -0.2) is 0 Å². The minimum atomic E-state index is -0.417. The summed E-state index contributed by atoms with van der Waals surface area (Å²) in [4.78, 5) is 34.1. The molecule has 0 fully saturated rings. The van der Waals surface area contributed by atoms with Crippen molar-refractivity contribution in [1.82, 2.24) is 19.9 Å². The van der Waals surface area contributed by atoms with Crippen molar-refractivity contribution in [2.24, 2.45) is 0 Å². The minimum Gasteiger partial charge on any atom is -0.346 e. The largest absolute Gasteiger partial charge is 0.346 e. The van der Waals surface area contributed by atoms with Gasteiger partial charge in [-0.05, 0) is 49.1 Å². The van der Waals surface area contributed by atoms with Gasteiger partial charge in [-0.15, -0.1) is 0 Å². The molecule has 1 N–H and O–H groups in total. The molecule has 0 unspecified atom stereocenters. The zero-order valence-corrected chi connectivity index (χ0v) is 16.6. The second-order valence-corrected chi connectivity index (χ2v) is 7.13. The van der Waals surface area contributed by atoms with E-state index in [9.17, 15) is 9.59 Å². The first-order valence-corrected chi connectivity index (χ1v) is 9.25. The Kier molecular flexibility index (Phi) is 5.68. The molecule has 28 heavy (non-hydrogen) atoms. The number of benzene rings is 1. The van der Waals surface area contributed by atoms with Gasteiger partial charge in [0.15, 0.2) is 0 Å². The Morgan fingerprint density at radius 1 is 1.14 bits per heavy atom. The van der Waals surface area contributed by atoms with Crippen LogP contribution in [0, 0.1) is 13.8 Å². The molecule has 0 aliphatic carbocycles. The molecule has 0 atom stereocenters. The van der Waals surface area contributed by atoms with E-state index in [1.54, 1.807) is 31.6 Å². The van der Waals surface area contributed by atoms with Crippen molar-refractivity contribution in [1.29, 1.82) is 0 Å². The molecule has 2 aromatic heterocycles. The average Bonchev–Trinajstić information content (AvgIpc) is 2.67. The van der Waals surface area contributed by atoms with Gasteiger partial charge >= 0.3 is 0 Å². The van der Waals surface area contributed by atoms with Crippen LogP contribution in [0.15, 0.2) is 53.7 Å². The highest BCUT2D eigenvalue weighted by atomic mass is 16.2. The van der Waals surface area contributed by atoms with E-state index >= 15 is 0 Å². The highest BCUT2D eigenvalue weighted by molar-refractivity contribution is 5.95. The summed E-state index contributed by atoms with van der Waals surface area (Å²) in [7, 11) is 0. The summed E-state index contributed by atoms with van der Waals surface area (Å²) >= 11 is 0. The van der Waals surface area contributed by atoms with Crippen LogP contribution in [-0.4, -0.2) is 20.4 Å². The van der Waals surface area contributed by atoms with Gasteiger partial charge in [0.1, 0.15) is 5.56 Å². The molecule has 0 spiro atoms. The maximum absolute atomic E-state index is 13.0. The predicted molar refractivity (Wildman–Crippen MR) is 109 cm³/mol. The third-order valence-electron chi connectivity index (χ3n) is 4.61. The molecule has 3 rings (SSSR count). The zero-order valence-electron chi connectivity index (χ0n) is 16.6. The van der Waals surface area contributed by atoms with Crippen LogP contribution in [0.5, 0.6) is 0 Å². The van der Waals surface area contributed by atoms with Crippen LogP contribution in [-0.2, 0) is 6.54 Å². The number of amides is 1. The van der Waals surface area contributed by atoms with Crippen molar-refractivity contribution < 1.29 is 4.79 Å². The van der Waals surface area contributed by atoms with Crippen LogP contribution in [0.25, 0.3) is 5.69 Å². The Morgan fingerprint density at radius 2 is 1.93 bits per heavy atom. The van der Waals surface area contributed by atoms with Gasteiger partial charge in [-0.3, -0.25) is 24.1 Å². The van der Waals surface area contributed by atoms with Crippen molar-refractivity contribution in [3.8, 4) is 5.69 Å². The Labute approximate surface area is 164 Å². The van der Waals surface area contributed by atoms with Crippen molar-refractivity contribution in [3.63, 3.8) is 0 Å². The Hall–Kier alpha value is -3.28. The molecule has 6 heteroatoms. The van der Waals surface area contributed by atoms with Crippen LogP contribution in [0.4, 0.5) is 0 Å². The van der Waals surface area contributed by atoms with Crippen LogP contribution in [0.2, 0.25) is 0 Å². The van der Waals surface area contributed by atoms with Gasteiger partial charge < -0.3 is 5.32 Å². The van der Waals surface area contributed by atoms with Crippen molar-refractivity contribution in [2.75, 3.05) is 0 Å². The molecule has 3 aromatic rings. The van der Waals surface area contributed by atoms with Crippen molar-refractivity contribution in [3.05, 3.63) is 87.4 Å². The number of nitrogens with one attached hydrogen (secondary N) is 1. The number of carbonyl (C=O) groups is 1. The fourth-order valence-electron chi connectivity index (χ4n) is 2.91. The van der Waals surface area contributed by atoms with Crippen molar-refractivity contribution >= 4 is 5.91 Å². The fraction of sp³-hybridized carbons (Fsp3) is 0.273. The maximum Gasteiger partial charge on any atom is 0.268 e. The fourth-order valence-corrected chi connectivity index (χ4v) is 2.91. The van der Waals surface area contributed by atoms with Crippen LogP contribution >= 0.6 is 0 Å². The summed E-state index contributed by atoms with van der Waals surface area (Å²) in [6, 6.07) is 9.58. The maximum atomic E-state index is 13.0. The molecule has 0 bridgehead atoms. The Balaban J connectivity index is 1.90. The standard InChI is InChI=1S/C22H24N4O2/c1-14(2)17-6-5-7-19(10-17)26-9-8-15(3)20(22(26)28)21(27)25-13-18-12-23-16(4)11-24-18/h5-12,14H,13H2,1-4H3,(H,25,27). The topological polar surface area (TPSA) is 76.9 Å². The van der Waals surface area contributed by atoms with Gasteiger partial charge in [-0.2, -0.15) is 0 Å². The number of hydrogen-bond donors (Lipinski definition) is 1. The van der Waals surface area contributed by atoms with Gasteiger partial charge in [-0.1, -0.05) is 26.0 Å². The molecule has 144 valence electrons. The third kappa shape index (κ3) is 4.17. The second-order valence-electron chi connectivity index (χ2n) is 7.13. The smallest absolute Gasteiger partial charge is 0.268 e. The quantitative estimate of drug-likeness (QED) is 0.741. The number of aryl methyl sites for hydroxylation is 2. The number of carbonyl (C=O) groups excluding carboxylic acids is 1. The average molecular weight is 376 g/mol. The highest BCUT2D eigenvalue weighted by Crippen LogP contribution is 2.17. The lowest BCUT2D eigenvalue weighted by Crippen LogP contribution is -2.33. The van der Waals surface area contributed by atoms with E-state index in [1.165, 1.54) is 4.57 Å². The number of pyridine rings is 1. The molecule has 0 saturated heterocycles. The van der Waals surface area contributed by atoms with Gasteiger partial charge in [0.05, 0.1) is 24.1 Å². The molecule has 2 heterocycles. The predicted octanol–water partition coefficient (Wildman–Crippen LogP) is 3.30. The summed E-state index contributed by atoms with van der Waals surface area (Å²) < 4.78 is 1.51. The normalized spacial score (nSPS) is 10.9. The van der Waals surface area contributed by atoms with E-state index in [4.69, 9.17) is 0 Å². The van der Waals surface area contributed by atoms with Crippen LogP contribution < -0.4 is 10.9 Å². The molecule has 6 nitrogen and oxygen atoms in total. The lowest BCUT2D eigenvalue weighted by Gasteiger charge is -2.13.